The molecular weight excluding hydrogens is 474 g/mol. The van der Waals surface area contributed by atoms with Gasteiger partial charge in [-0.25, -0.2) is 0 Å². The van der Waals surface area contributed by atoms with Crippen molar-refractivity contribution in [1.29, 1.82) is 0 Å². The van der Waals surface area contributed by atoms with E-state index in [0.717, 1.165) is 15.6 Å². The normalized spacial score (nSPS) is 17.1. The van der Waals surface area contributed by atoms with E-state index in [0.29, 0.717) is 22.4 Å². The fraction of sp³-hybridized carbons (Fsp3) is 0.0417. The van der Waals surface area contributed by atoms with Crippen LogP contribution in [-0.2, 0) is 11.3 Å². The molecule has 1 amide bonds. The number of benzene rings is 2. The lowest BCUT2D eigenvalue weighted by molar-refractivity contribution is -0.122. The Balaban J connectivity index is 1.55. The summed E-state index contributed by atoms with van der Waals surface area (Å²) in [6, 6.07) is 21.3. The zero-order chi connectivity index (χ0) is 21.5. The van der Waals surface area contributed by atoms with Gasteiger partial charge in [-0.15, -0.1) is 5.10 Å². The number of amidine groups is 1. The van der Waals surface area contributed by atoms with Crippen molar-refractivity contribution in [3.8, 4) is 0 Å². The van der Waals surface area contributed by atoms with Crippen LogP contribution in [0.15, 0.2) is 109 Å². The average Bonchev–Trinajstić information content (AvgIpc) is 3.40. The minimum absolute atomic E-state index is 0.128. The second-order valence-electron chi connectivity index (χ2n) is 6.55. The number of allylic oxidation sites excluding steroid dienone is 2. The van der Waals surface area contributed by atoms with E-state index in [4.69, 9.17) is 4.42 Å². The summed E-state index contributed by atoms with van der Waals surface area (Å²) >= 11 is 4.71. The van der Waals surface area contributed by atoms with Crippen molar-refractivity contribution in [2.24, 2.45) is 10.2 Å². The molecule has 3 aromatic rings. The lowest BCUT2D eigenvalue weighted by Crippen LogP contribution is -2.28. The fourth-order valence-corrected chi connectivity index (χ4v) is 3.95. The molecule has 1 aromatic heterocycles. The molecule has 0 aliphatic carbocycles. The van der Waals surface area contributed by atoms with Crippen LogP contribution in [0.3, 0.4) is 0 Å². The second-order valence-corrected chi connectivity index (χ2v) is 8.48. The number of carbonyl (C=O) groups excluding carboxylic acids is 1. The van der Waals surface area contributed by atoms with Crippen LogP contribution in [0.5, 0.6) is 0 Å². The first-order valence-corrected chi connectivity index (χ1v) is 11.1. The van der Waals surface area contributed by atoms with Gasteiger partial charge in [-0.05, 0) is 53.2 Å². The molecule has 5 nitrogen and oxygen atoms in total. The zero-order valence-corrected chi connectivity index (χ0v) is 18.8. The number of rotatable bonds is 6. The molecule has 1 aliphatic heterocycles. The van der Waals surface area contributed by atoms with Crippen molar-refractivity contribution in [3.63, 3.8) is 0 Å². The Labute approximate surface area is 193 Å². The number of carbonyl (C=O) groups is 1. The molecule has 7 heteroatoms. The number of amides is 1. The number of hydrogen-bond donors (Lipinski definition) is 0. The minimum atomic E-state index is -0.128. The van der Waals surface area contributed by atoms with Crippen LogP contribution in [0.25, 0.3) is 6.08 Å². The summed E-state index contributed by atoms with van der Waals surface area (Å²) in [5.74, 6) is 0.552. The number of furan rings is 1. The highest BCUT2D eigenvalue weighted by Gasteiger charge is 2.33. The highest BCUT2D eigenvalue weighted by atomic mass is 79.9. The van der Waals surface area contributed by atoms with Crippen LogP contribution in [0.4, 0.5) is 0 Å². The van der Waals surface area contributed by atoms with Gasteiger partial charge in [0.15, 0.2) is 5.17 Å². The molecule has 1 saturated heterocycles. The number of nitrogens with zero attached hydrogens (tertiary/aromatic N) is 3. The van der Waals surface area contributed by atoms with E-state index in [9.17, 15) is 4.79 Å². The third-order valence-electron chi connectivity index (χ3n) is 4.34. The summed E-state index contributed by atoms with van der Waals surface area (Å²) < 4.78 is 6.41. The van der Waals surface area contributed by atoms with Crippen LogP contribution in [0.1, 0.15) is 16.9 Å². The van der Waals surface area contributed by atoms with Gasteiger partial charge in [-0.2, -0.15) is 5.10 Å². The monoisotopic (exact) mass is 491 g/mol. The minimum Gasteiger partial charge on any atom is -0.467 e. The van der Waals surface area contributed by atoms with E-state index in [2.05, 4.69) is 26.1 Å². The predicted octanol–water partition coefficient (Wildman–Crippen LogP) is 6.10. The Morgan fingerprint density at radius 1 is 1.00 bits per heavy atom. The van der Waals surface area contributed by atoms with Crippen molar-refractivity contribution in [1.82, 2.24) is 4.90 Å². The van der Waals surface area contributed by atoms with Gasteiger partial charge >= 0.3 is 0 Å². The summed E-state index contributed by atoms with van der Waals surface area (Å²) in [6.45, 7) is 0.297. The highest BCUT2D eigenvalue weighted by Crippen LogP contribution is 2.32. The fourth-order valence-electron chi connectivity index (χ4n) is 2.80. The van der Waals surface area contributed by atoms with Gasteiger partial charge in [0, 0.05) is 4.47 Å². The molecule has 0 bridgehead atoms. The molecule has 0 saturated carbocycles. The summed E-state index contributed by atoms with van der Waals surface area (Å²) in [4.78, 5) is 15.1. The first kappa shape index (κ1) is 21.1. The first-order valence-electron chi connectivity index (χ1n) is 9.51. The van der Waals surface area contributed by atoms with Crippen LogP contribution >= 0.6 is 27.7 Å². The van der Waals surface area contributed by atoms with Crippen molar-refractivity contribution < 1.29 is 9.21 Å². The van der Waals surface area contributed by atoms with Crippen LogP contribution in [0.2, 0.25) is 0 Å². The zero-order valence-electron chi connectivity index (χ0n) is 16.4. The van der Waals surface area contributed by atoms with E-state index in [1.165, 1.54) is 11.8 Å². The Morgan fingerprint density at radius 2 is 1.81 bits per heavy atom. The molecule has 0 unspecified atom stereocenters. The van der Waals surface area contributed by atoms with Crippen LogP contribution < -0.4 is 0 Å². The van der Waals surface area contributed by atoms with Gasteiger partial charge in [-0.1, -0.05) is 70.5 Å². The lowest BCUT2D eigenvalue weighted by atomic mass is 10.2. The second kappa shape index (κ2) is 10.2. The molecule has 154 valence electrons. The van der Waals surface area contributed by atoms with Gasteiger partial charge < -0.3 is 4.42 Å². The predicted molar refractivity (Wildman–Crippen MR) is 130 cm³/mol. The lowest BCUT2D eigenvalue weighted by Gasteiger charge is -2.12. The van der Waals surface area contributed by atoms with E-state index < -0.39 is 0 Å². The van der Waals surface area contributed by atoms with Gasteiger partial charge in [0.05, 0.1) is 23.9 Å². The first-order chi connectivity index (χ1) is 15.2. The Kier molecular flexibility index (Phi) is 6.96. The molecule has 0 atom stereocenters. The summed E-state index contributed by atoms with van der Waals surface area (Å²) in [6.07, 6.45) is 8.88. The van der Waals surface area contributed by atoms with Crippen molar-refractivity contribution in [2.75, 3.05) is 0 Å². The topological polar surface area (TPSA) is 58.2 Å². The third-order valence-corrected chi connectivity index (χ3v) is 5.88. The number of hydrogen-bond acceptors (Lipinski definition) is 5. The Morgan fingerprint density at radius 3 is 2.55 bits per heavy atom. The molecule has 0 N–H and O–H groups in total. The molecule has 2 aromatic carbocycles. The molecule has 0 spiro atoms. The molecular formula is C24H18BrN3O2S. The van der Waals surface area contributed by atoms with E-state index in [1.54, 1.807) is 29.5 Å². The van der Waals surface area contributed by atoms with Gasteiger partial charge in [-0.3, -0.25) is 9.69 Å². The average molecular weight is 492 g/mol. The SMILES string of the molecule is O=C1/C(=C/C=C/c2ccccc2)S/C(=N/N=C\c2ccc(Br)cc2)N1Cc1ccco1. The van der Waals surface area contributed by atoms with E-state index in [-0.39, 0.29) is 5.91 Å². The maximum atomic E-state index is 13.0. The molecule has 4 rings (SSSR count). The molecule has 1 fully saturated rings. The molecule has 1 aliphatic rings. The maximum absolute atomic E-state index is 13.0. The summed E-state index contributed by atoms with van der Waals surface area (Å²) in [7, 11) is 0. The molecule has 31 heavy (non-hydrogen) atoms. The third kappa shape index (κ3) is 5.71. The van der Waals surface area contributed by atoms with E-state index >= 15 is 0 Å². The molecule has 2 heterocycles. The van der Waals surface area contributed by atoms with Gasteiger partial charge in [0.25, 0.3) is 5.91 Å². The number of halogens is 1. The maximum Gasteiger partial charge on any atom is 0.267 e. The van der Waals surface area contributed by atoms with Crippen molar-refractivity contribution in [2.45, 2.75) is 6.54 Å². The van der Waals surface area contributed by atoms with Gasteiger partial charge in [0.2, 0.25) is 0 Å². The standard InChI is InChI=1S/C24H18BrN3O2S/c25-20-13-11-19(12-14-20)16-26-27-24-28(17-21-9-5-15-30-21)23(29)22(31-24)10-4-8-18-6-2-1-3-7-18/h1-16H,17H2/b8-4+,22-10-,26-16-,27-24+. The van der Waals surface area contributed by atoms with Gasteiger partial charge in [0.1, 0.15) is 5.76 Å². The molecule has 0 radical (unpaired) electrons. The van der Waals surface area contributed by atoms with Crippen molar-refractivity contribution >= 4 is 51.1 Å². The quantitative estimate of drug-likeness (QED) is 0.237. The smallest absolute Gasteiger partial charge is 0.267 e. The van der Waals surface area contributed by atoms with E-state index in [1.807, 2.05) is 72.8 Å². The van der Waals surface area contributed by atoms with Crippen molar-refractivity contribution in [3.05, 3.63) is 111 Å². The number of thioether (sulfide) groups is 1. The largest absolute Gasteiger partial charge is 0.467 e. The summed E-state index contributed by atoms with van der Waals surface area (Å²) in [5, 5.41) is 9.00. The Bertz CT molecular complexity index is 1150. The Hall–Kier alpha value is -3.16. The van der Waals surface area contributed by atoms with Crippen LogP contribution in [0, 0.1) is 0 Å². The van der Waals surface area contributed by atoms with Crippen LogP contribution in [-0.4, -0.2) is 22.2 Å². The highest BCUT2D eigenvalue weighted by molar-refractivity contribution is 9.10. The summed E-state index contributed by atoms with van der Waals surface area (Å²) in [5.41, 5.74) is 1.98.